The molecule has 6 heteroatoms. The van der Waals surface area contributed by atoms with E-state index in [0.29, 0.717) is 23.6 Å². The Labute approximate surface area is 169 Å². The number of aromatic carboxylic acids is 1. The van der Waals surface area contributed by atoms with Crippen LogP contribution in [-0.4, -0.2) is 44.8 Å². The Morgan fingerprint density at radius 2 is 1.86 bits per heavy atom. The fourth-order valence-corrected chi connectivity index (χ4v) is 3.87. The van der Waals surface area contributed by atoms with E-state index in [1.165, 1.54) is 0 Å². The second-order valence-corrected chi connectivity index (χ2v) is 7.52. The Morgan fingerprint density at radius 3 is 2.59 bits per heavy atom. The minimum Gasteiger partial charge on any atom is -0.478 e. The molecule has 1 atom stereocenters. The van der Waals surface area contributed by atoms with Gasteiger partial charge in [0, 0.05) is 31.0 Å². The number of hydrogen-bond donors (Lipinski definition) is 1. The fraction of sp³-hybridized carbons (Fsp3) is 0.261. The summed E-state index contributed by atoms with van der Waals surface area (Å²) in [6.45, 7) is 2.12. The molecule has 1 amide bonds. The zero-order chi connectivity index (χ0) is 20.2. The lowest BCUT2D eigenvalue weighted by atomic mass is 9.98. The molecular formula is C23H23N3O3. The maximum atomic E-state index is 13.0. The van der Waals surface area contributed by atoms with Crippen LogP contribution in [-0.2, 0) is 13.0 Å². The third-order valence-electron chi connectivity index (χ3n) is 5.38. The van der Waals surface area contributed by atoms with Crippen LogP contribution in [0.15, 0.2) is 67.0 Å². The Hall–Kier alpha value is -3.41. The maximum absolute atomic E-state index is 13.0. The average molecular weight is 389 g/mol. The molecule has 0 bridgehead atoms. The van der Waals surface area contributed by atoms with Crippen LogP contribution in [0.25, 0.3) is 0 Å². The lowest BCUT2D eigenvalue weighted by Crippen LogP contribution is -2.29. The van der Waals surface area contributed by atoms with E-state index < -0.39 is 5.97 Å². The average Bonchev–Trinajstić information content (AvgIpc) is 3.40. The molecule has 2 heterocycles. The van der Waals surface area contributed by atoms with Gasteiger partial charge in [-0.05, 0) is 60.2 Å². The number of hydrogen-bond acceptors (Lipinski definition) is 3. The predicted molar refractivity (Wildman–Crippen MR) is 109 cm³/mol. The van der Waals surface area contributed by atoms with Gasteiger partial charge < -0.3 is 10.0 Å². The summed E-state index contributed by atoms with van der Waals surface area (Å²) in [5.41, 5.74) is 3.16. The molecule has 4 rings (SSSR count). The van der Waals surface area contributed by atoms with Crippen molar-refractivity contribution >= 4 is 11.9 Å². The topological polar surface area (TPSA) is 75.4 Å². The van der Waals surface area contributed by atoms with Gasteiger partial charge in [0.25, 0.3) is 5.91 Å². The van der Waals surface area contributed by atoms with Crippen LogP contribution in [0.5, 0.6) is 0 Å². The first-order valence-electron chi connectivity index (χ1n) is 9.76. The van der Waals surface area contributed by atoms with Crippen LogP contribution >= 0.6 is 0 Å². The Bertz CT molecular complexity index is 996. The third-order valence-corrected chi connectivity index (χ3v) is 5.38. The number of carboxylic acid groups (broad SMARTS) is 1. The Morgan fingerprint density at radius 1 is 1.03 bits per heavy atom. The normalized spacial score (nSPS) is 16.1. The van der Waals surface area contributed by atoms with Gasteiger partial charge in [-0.1, -0.05) is 24.3 Å². The van der Waals surface area contributed by atoms with Crippen LogP contribution in [0.1, 0.15) is 38.3 Å². The molecule has 2 aromatic carbocycles. The van der Waals surface area contributed by atoms with Gasteiger partial charge in [-0.3, -0.25) is 9.48 Å². The van der Waals surface area contributed by atoms with Gasteiger partial charge >= 0.3 is 5.97 Å². The number of aromatic nitrogens is 2. The lowest BCUT2D eigenvalue weighted by Gasteiger charge is -2.17. The van der Waals surface area contributed by atoms with Crippen molar-refractivity contribution < 1.29 is 14.7 Å². The molecule has 1 N–H and O–H groups in total. The highest BCUT2D eigenvalue weighted by molar-refractivity contribution is 5.94. The molecule has 0 saturated carbocycles. The smallest absolute Gasteiger partial charge is 0.335 e. The number of likely N-dealkylation sites (tertiary alicyclic amines) is 1. The summed E-state index contributed by atoms with van der Waals surface area (Å²) in [6, 6.07) is 16.6. The highest BCUT2D eigenvalue weighted by Gasteiger charge is 2.27. The van der Waals surface area contributed by atoms with Crippen molar-refractivity contribution in [3.8, 4) is 0 Å². The van der Waals surface area contributed by atoms with Crippen LogP contribution in [0.4, 0.5) is 0 Å². The Balaban J connectivity index is 1.37. The van der Waals surface area contributed by atoms with Crippen molar-refractivity contribution in [1.29, 1.82) is 0 Å². The van der Waals surface area contributed by atoms with Gasteiger partial charge in [-0.25, -0.2) is 4.79 Å². The summed E-state index contributed by atoms with van der Waals surface area (Å²) in [4.78, 5) is 25.9. The van der Waals surface area contributed by atoms with E-state index in [1.54, 1.807) is 18.3 Å². The molecule has 1 aliphatic heterocycles. The number of amides is 1. The van der Waals surface area contributed by atoms with E-state index >= 15 is 0 Å². The van der Waals surface area contributed by atoms with E-state index in [0.717, 1.165) is 37.1 Å². The highest BCUT2D eigenvalue weighted by atomic mass is 16.4. The number of benzene rings is 2. The van der Waals surface area contributed by atoms with E-state index in [9.17, 15) is 9.59 Å². The van der Waals surface area contributed by atoms with Crippen LogP contribution in [0.3, 0.4) is 0 Å². The zero-order valence-electron chi connectivity index (χ0n) is 16.1. The van der Waals surface area contributed by atoms with Crippen molar-refractivity contribution in [3.63, 3.8) is 0 Å². The van der Waals surface area contributed by atoms with Gasteiger partial charge in [0.2, 0.25) is 0 Å². The molecule has 0 aliphatic carbocycles. The number of carbonyl (C=O) groups excluding carboxylic acids is 1. The molecule has 148 valence electrons. The molecule has 3 aromatic rings. The van der Waals surface area contributed by atoms with Gasteiger partial charge in [0.1, 0.15) is 0 Å². The third kappa shape index (κ3) is 4.54. The number of rotatable bonds is 6. The summed E-state index contributed by atoms with van der Waals surface area (Å²) in [6.07, 6.45) is 5.46. The molecule has 6 nitrogen and oxygen atoms in total. The molecule has 1 saturated heterocycles. The summed E-state index contributed by atoms with van der Waals surface area (Å²) in [5.74, 6) is -0.457. The largest absolute Gasteiger partial charge is 0.478 e. The molecule has 1 unspecified atom stereocenters. The minimum atomic E-state index is -0.913. The standard InChI is InChI=1S/C23H23N3O3/c27-22(21-4-1-3-18(14-21)16-26-11-2-10-24-26)25-12-9-19(15-25)13-17-5-7-20(8-6-17)23(28)29/h1-8,10-11,14,19H,9,12-13,15-16H2,(H,28,29). The summed E-state index contributed by atoms with van der Waals surface area (Å²) < 4.78 is 1.84. The first-order valence-corrected chi connectivity index (χ1v) is 9.76. The number of carbonyl (C=O) groups is 2. The van der Waals surface area contributed by atoms with Crippen molar-refractivity contribution in [2.24, 2.45) is 5.92 Å². The van der Waals surface area contributed by atoms with Crippen LogP contribution < -0.4 is 0 Å². The van der Waals surface area contributed by atoms with Crippen LogP contribution in [0, 0.1) is 5.92 Å². The summed E-state index contributed by atoms with van der Waals surface area (Å²) in [7, 11) is 0. The maximum Gasteiger partial charge on any atom is 0.335 e. The molecule has 1 aliphatic rings. The van der Waals surface area contributed by atoms with Crippen molar-refractivity contribution in [3.05, 3.63) is 89.2 Å². The quantitative estimate of drug-likeness (QED) is 0.702. The van der Waals surface area contributed by atoms with Gasteiger partial charge in [-0.15, -0.1) is 0 Å². The zero-order valence-corrected chi connectivity index (χ0v) is 16.1. The van der Waals surface area contributed by atoms with Crippen LogP contribution in [0.2, 0.25) is 0 Å². The SMILES string of the molecule is O=C(O)c1ccc(CC2CCN(C(=O)c3cccc(Cn4cccn4)c3)C2)cc1. The predicted octanol–water partition coefficient (Wildman–Crippen LogP) is 3.33. The first-order chi connectivity index (χ1) is 14.1. The van der Waals surface area contributed by atoms with E-state index in [-0.39, 0.29) is 5.91 Å². The summed E-state index contributed by atoms with van der Waals surface area (Å²) >= 11 is 0. The number of carboxylic acids is 1. The lowest BCUT2D eigenvalue weighted by molar-refractivity contribution is 0.0696. The molecule has 0 spiro atoms. The van der Waals surface area contributed by atoms with Gasteiger partial charge in [-0.2, -0.15) is 5.10 Å². The molecule has 1 fully saturated rings. The highest BCUT2D eigenvalue weighted by Crippen LogP contribution is 2.23. The molecule has 0 radical (unpaired) electrons. The molecular weight excluding hydrogens is 366 g/mol. The monoisotopic (exact) mass is 389 g/mol. The van der Waals surface area contributed by atoms with Crippen molar-refractivity contribution in [1.82, 2.24) is 14.7 Å². The summed E-state index contributed by atoms with van der Waals surface area (Å²) in [5, 5.41) is 13.2. The fourth-order valence-electron chi connectivity index (χ4n) is 3.87. The van der Waals surface area contributed by atoms with E-state index in [4.69, 9.17) is 5.11 Å². The minimum absolute atomic E-state index is 0.0658. The van der Waals surface area contributed by atoms with E-state index in [2.05, 4.69) is 5.10 Å². The van der Waals surface area contributed by atoms with Gasteiger partial charge in [0.15, 0.2) is 0 Å². The first kappa shape index (κ1) is 18.9. The molecule has 29 heavy (non-hydrogen) atoms. The van der Waals surface area contributed by atoms with E-state index in [1.807, 2.05) is 58.2 Å². The van der Waals surface area contributed by atoms with Crippen molar-refractivity contribution in [2.75, 3.05) is 13.1 Å². The molecule has 1 aromatic heterocycles. The second kappa shape index (κ2) is 8.31. The number of nitrogens with zero attached hydrogens (tertiary/aromatic N) is 3. The Kier molecular flexibility index (Phi) is 5.42. The van der Waals surface area contributed by atoms with Gasteiger partial charge in [0.05, 0.1) is 12.1 Å². The second-order valence-electron chi connectivity index (χ2n) is 7.52. The van der Waals surface area contributed by atoms with Crippen molar-refractivity contribution in [2.45, 2.75) is 19.4 Å².